The third kappa shape index (κ3) is 4.62. The van der Waals surface area contributed by atoms with Crippen molar-refractivity contribution < 1.29 is 14.3 Å². The number of para-hydroxylation sites is 2. The van der Waals surface area contributed by atoms with E-state index in [1.807, 2.05) is 61.5 Å². The van der Waals surface area contributed by atoms with Crippen molar-refractivity contribution in [2.45, 2.75) is 46.0 Å². The number of aryl methyl sites for hydroxylation is 2. The third-order valence-electron chi connectivity index (χ3n) is 5.08. The average molecular weight is 409 g/mol. The summed E-state index contributed by atoms with van der Waals surface area (Å²) in [7, 11) is 1.68. The van der Waals surface area contributed by atoms with Gasteiger partial charge >= 0.3 is 11.7 Å². The summed E-state index contributed by atoms with van der Waals surface area (Å²) < 4.78 is 8.57. The van der Waals surface area contributed by atoms with Crippen molar-refractivity contribution in [3.63, 3.8) is 0 Å². The van der Waals surface area contributed by atoms with E-state index in [4.69, 9.17) is 4.74 Å². The fourth-order valence-corrected chi connectivity index (χ4v) is 3.55. The monoisotopic (exact) mass is 409 g/mol. The Morgan fingerprint density at radius 2 is 1.60 bits per heavy atom. The van der Waals surface area contributed by atoms with Crippen LogP contribution in [0.4, 0.5) is 0 Å². The van der Waals surface area contributed by atoms with Crippen molar-refractivity contribution in [3.8, 4) is 0 Å². The number of carbonyl (C=O) groups is 2. The Balaban J connectivity index is 1.59. The molecule has 0 fully saturated rings. The standard InChI is InChI=1S/C23H27N3O4/c1-4-25-19-12-8-9-13-20(19)26(23(25)29)15-14-21(27)30-17(2)22(28)24(3)16-18-10-6-5-7-11-18/h5-13,17H,4,14-16H2,1-3H3/t17-/m1/s1. The van der Waals surface area contributed by atoms with Crippen molar-refractivity contribution in [2.24, 2.45) is 0 Å². The van der Waals surface area contributed by atoms with E-state index < -0.39 is 12.1 Å². The second-order valence-electron chi connectivity index (χ2n) is 7.23. The first kappa shape index (κ1) is 21.4. The van der Waals surface area contributed by atoms with Gasteiger partial charge in [0.25, 0.3) is 5.91 Å². The van der Waals surface area contributed by atoms with E-state index in [-0.39, 0.29) is 24.6 Å². The number of carbonyl (C=O) groups excluding carboxylic acids is 2. The first-order valence-corrected chi connectivity index (χ1v) is 10.1. The number of likely N-dealkylation sites (N-methyl/N-ethyl adjacent to an activating group) is 1. The van der Waals surface area contributed by atoms with Gasteiger partial charge in [0.2, 0.25) is 0 Å². The Bertz CT molecular complexity index is 1080. The van der Waals surface area contributed by atoms with Crippen LogP contribution in [0.2, 0.25) is 0 Å². The van der Waals surface area contributed by atoms with Crippen molar-refractivity contribution in [3.05, 3.63) is 70.6 Å². The SMILES string of the molecule is CCn1c(=O)n(CCC(=O)O[C@H](C)C(=O)N(C)Cc2ccccc2)c2ccccc21. The van der Waals surface area contributed by atoms with Gasteiger partial charge in [-0.25, -0.2) is 4.79 Å². The van der Waals surface area contributed by atoms with E-state index in [0.29, 0.717) is 13.1 Å². The molecule has 7 nitrogen and oxygen atoms in total. The van der Waals surface area contributed by atoms with Gasteiger partial charge in [-0.1, -0.05) is 42.5 Å². The molecule has 0 radical (unpaired) electrons. The van der Waals surface area contributed by atoms with Crippen molar-refractivity contribution >= 4 is 22.9 Å². The molecule has 0 saturated carbocycles. The highest BCUT2D eigenvalue weighted by atomic mass is 16.5. The predicted molar refractivity (Wildman–Crippen MR) is 115 cm³/mol. The fourth-order valence-electron chi connectivity index (χ4n) is 3.55. The predicted octanol–water partition coefficient (Wildman–Crippen LogP) is 2.80. The van der Waals surface area contributed by atoms with Crippen molar-refractivity contribution in [1.29, 1.82) is 0 Å². The Morgan fingerprint density at radius 1 is 1.00 bits per heavy atom. The van der Waals surface area contributed by atoms with Gasteiger partial charge in [0, 0.05) is 26.7 Å². The lowest BCUT2D eigenvalue weighted by Gasteiger charge is -2.21. The van der Waals surface area contributed by atoms with E-state index in [0.717, 1.165) is 16.6 Å². The molecule has 2 aromatic carbocycles. The van der Waals surface area contributed by atoms with Gasteiger partial charge in [-0.15, -0.1) is 0 Å². The molecule has 158 valence electrons. The average Bonchev–Trinajstić information content (AvgIpc) is 3.02. The number of hydrogen-bond donors (Lipinski definition) is 0. The quantitative estimate of drug-likeness (QED) is 0.536. The molecule has 1 aromatic heterocycles. The number of ether oxygens (including phenoxy) is 1. The topological polar surface area (TPSA) is 73.5 Å². The first-order chi connectivity index (χ1) is 14.4. The molecule has 0 aliphatic rings. The number of aromatic nitrogens is 2. The summed E-state index contributed by atoms with van der Waals surface area (Å²) in [5, 5.41) is 0. The van der Waals surface area contributed by atoms with Crippen LogP contribution in [0.3, 0.4) is 0 Å². The summed E-state index contributed by atoms with van der Waals surface area (Å²) in [4.78, 5) is 39.0. The van der Waals surface area contributed by atoms with Gasteiger partial charge < -0.3 is 9.64 Å². The number of nitrogens with zero attached hydrogens (tertiary/aromatic N) is 3. The Hall–Kier alpha value is -3.35. The molecule has 0 spiro atoms. The van der Waals surface area contributed by atoms with Crippen LogP contribution < -0.4 is 5.69 Å². The summed E-state index contributed by atoms with van der Waals surface area (Å²) in [6, 6.07) is 17.1. The van der Waals surface area contributed by atoms with Gasteiger partial charge in [0.15, 0.2) is 6.10 Å². The van der Waals surface area contributed by atoms with Crippen LogP contribution in [-0.4, -0.2) is 39.1 Å². The number of esters is 1. The van der Waals surface area contributed by atoms with Crippen LogP contribution >= 0.6 is 0 Å². The minimum Gasteiger partial charge on any atom is -0.452 e. The normalized spacial score (nSPS) is 12.0. The fraction of sp³-hybridized carbons (Fsp3) is 0.348. The van der Waals surface area contributed by atoms with Crippen LogP contribution in [-0.2, 0) is 34.0 Å². The van der Waals surface area contributed by atoms with E-state index in [1.54, 1.807) is 23.1 Å². The molecular weight excluding hydrogens is 382 g/mol. The molecule has 1 atom stereocenters. The van der Waals surface area contributed by atoms with Crippen LogP contribution in [0.1, 0.15) is 25.8 Å². The third-order valence-corrected chi connectivity index (χ3v) is 5.08. The molecule has 0 unspecified atom stereocenters. The van der Waals surface area contributed by atoms with Crippen molar-refractivity contribution in [2.75, 3.05) is 7.05 Å². The van der Waals surface area contributed by atoms with Gasteiger partial charge in [-0.2, -0.15) is 0 Å². The van der Waals surface area contributed by atoms with Crippen LogP contribution in [0.5, 0.6) is 0 Å². The highest BCUT2D eigenvalue weighted by molar-refractivity contribution is 5.83. The lowest BCUT2D eigenvalue weighted by molar-refractivity contribution is -0.158. The lowest BCUT2D eigenvalue weighted by Crippen LogP contribution is -2.37. The molecule has 0 aliphatic heterocycles. The minimum atomic E-state index is -0.889. The van der Waals surface area contributed by atoms with E-state index in [2.05, 4.69) is 0 Å². The molecule has 0 saturated heterocycles. The Morgan fingerprint density at radius 3 is 2.23 bits per heavy atom. The number of rotatable bonds is 8. The summed E-state index contributed by atoms with van der Waals surface area (Å²) in [6.07, 6.45) is -0.877. The Kier molecular flexibility index (Phi) is 6.72. The molecule has 7 heteroatoms. The molecule has 1 heterocycles. The summed E-state index contributed by atoms with van der Waals surface area (Å²) in [5.41, 5.74) is 2.46. The maximum Gasteiger partial charge on any atom is 0.329 e. The zero-order valence-electron chi connectivity index (χ0n) is 17.6. The number of benzene rings is 2. The summed E-state index contributed by atoms with van der Waals surface area (Å²) in [5.74, 6) is -0.781. The zero-order valence-corrected chi connectivity index (χ0v) is 17.6. The highest BCUT2D eigenvalue weighted by Crippen LogP contribution is 2.13. The zero-order chi connectivity index (χ0) is 21.7. The first-order valence-electron chi connectivity index (χ1n) is 10.1. The van der Waals surface area contributed by atoms with Gasteiger partial charge in [0.1, 0.15) is 0 Å². The molecular formula is C23H27N3O4. The number of fused-ring (bicyclic) bond motifs is 1. The lowest BCUT2D eigenvalue weighted by atomic mass is 10.2. The molecule has 3 aromatic rings. The molecule has 0 bridgehead atoms. The van der Waals surface area contributed by atoms with Gasteiger partial charge in [-0.3, -0.25) is 18.7 Å². The smallest absolute Gasteiger partial charge is 0.329 e. The van der Waals surface area contributed by atoms with E-state index in [9.17, 15) is 14.4 Å². The number of imidazole rings is 1. The number of hydrogen-bond acceptors (Lipinski definition) is 4. The summed E-state index contributed by atoms with van der Waals surface area (Å²) >= 11 is 0. The van der Waals surface area contributed by atoms with Gasteiger partial charge in [0.05, 0.1) is 17.5 Å². The largest absolute Gasteiger partial charge is 0.452 e. The van der Waals surface area contributed by atoms with Crippen molar-refractivity contribution in [1.82, 2.24) is 14.0 Å². The minimum absolute atomic E-state index is 0.0116. The molecule has 0 aliphatic carbocycles. The van der Waals surface area contributed by atoms with Gasteiger partial charge in [-0.05, 0) is 31.5 Å². The highest BCUT2D eigenvalue weighted by Gasteiger charge is 2.22. The second kappa shape index (κ2) is 9.43. The van der Waals surface area contributed by atoms with E-state index in [1.165, 1.54) is 4.90 Å². The molecule has 3 rings (SSSR count). The van der Waals surface area contributed by atoms with Crippen LogP contribution in [0, 0.1) is 0 Å². The van der Waals surface area contributed by atoms with Crippen LogP contribution in [0.15, 0.2) is 59.4 Å². The molecule has 1 amide bonds. The summed E-state index contributed by atoms with van der Waals surface area (Å²) in [6.45, 7) is 4.66. The maximum absolute atomic E-state index is 12.6. The molecule has 30 heavy (non-hydrogen) atoms. The van der Waals surface area contributed by atoms with E-state index >= 15 is 0 Å². The number of amides is 1. The van der Waals surface area contributed by atoms with Crippen LogP contribution in [0.25, 0.3) is 11.0 Å². The Labute approximate surface area is 175 Å². The second-order valence-corrected chi connectivity index (χ2v) is 7.23. The molecule has 0 N–H and O–H groups in total. The maximum atomic E-state index is 12.6.